The molecule has 0 atom stereocenters. The Hall–Kier alpha value is -3.07. The van der Waals surface area contributed by atoms with Crippen molar-refractivity contribution in [2.24, 2.45) is 0 Å². The first-order chi connectivity index (χ1) is 15.7. The number of anilines is 1. The zero-order valence-corrected chi connectivity index (χ0v) is 19.8. The average Bonchev–Trinajstić information content (AvgIpc) is 2.75. The van der Waals surface area contributed by atoms with Gasteiger partial charge < -0.3 is 14.8 Å². The first-order valence-corrected chi connectivity index (χ1v) is 11.9. The quantitative estimate of drug-likeness (QED) is 0.271. The van der Waals surface area contributed by atoms with Gasteiger partial charge in [-0.3, -0.25) is 14.9 Å². The summed E-state index contributed by atoms with van der Waals surface area (Å²) in [5.41, 5.74) is 0.0644. The van der Waals surface area contributed by atoms with Crippen LogP contribution in [0.5, 0.6) is 11.5 Å². The number of ether oxygens (including phenoxy) is 2. The Morgan fingerprint density at radius 1 is 1.12 bits per heavy atom. The van der Waals surface area contributed by atoms with E-state index in [-0.39, 0.29) is 34.5 Å². The SMILES string of the molecule is CC(=O)Nc1cc(SC2CCCCC2)c(Oc2ccccc2C(=O)OC(C)C)cc1[N+](=O)[O-]. The molecule has 0 aliphatic heterocycles. The first-order valence-electron chi connectivity index (χ1n) is 11.0. The van der Waals surface area contributed by atoms with Crippen LogP contribution < -0.4 is 10.1 Å². The predicted octanol–water partition coefficient (Wildman–Crippen LogP) is 6.34. The van der Waals surface area contributed by atoms with Gasteiger partial charge in [0.1, 0.15) is 22.7 Å². The van der Waals surface area contributed by atoms with Gasteiger partial charge in [-0.15, -0.1) is 11.8 Å². The number of nitro groups is 1. The number of thioether (sulfide) groups is 1. The van der Waals surface area contributed by atoms with Gasteiger partial charge in [0, 0.05) is 12.2 Å². The zero-order valence-electron chi connectivity index (χ0n) is 19.0. The third-order valence-electron chi connectivity index (χ3n) is 5.08. The lowest BCUT2D eigenvalue weighted by Crippen LogP contribution is -2.13. The van der Waals surface area contributed by atoms with Crippen molar-refractivity contribution in [3.8, 4) is 11.5 Å². The highest BCUT2D eigenvalue weighted by atomic mass is 32.2. The van der Waals surface area contributed by atoms with Gasteiger partial charge in [0.25, 0.3) is 5.69 Å². The number of carbonyl (C=O) groups excluding carboxylic acids is 2. The van der Waals surface area contributed by atoms with Gasteiger partial charge in [-0.05, 0) is 44.9 Å². The number of benzene rings is 2. The molecular formula is C24H28N2O6S. The largest absolute Gasteiger partial charge is 0.459 e. The molecule has 1 aliphatic carbocycles. The minimum Gasteiger partial charge on any atom is -0.459 e. The van der Waals surface area contributed by atoms with E-state index in [4.69, 9.17) is 9.47 Å². The summed E-state index contributed by atoms with van der Waals surface area (Å²) in [7, 11) is 0. The Labute approximate surface area is 197 Å². The van der Waals surface area contributed by atoms with Gasteiger partial charge in [0.15, 0.2) is 0 Å². The van der Waals surface area contributed by atoms with Crippen LogP contribution in [-0.4, -0.2) is 28.2 Å². The number of nitro benzene ring substituents is 1. The summed E-state index contributed by atoms with van der Waals surface area (Å²) < 4.78 is 11.4. The van der Waals surface area contributed by atoms with Crippen molar-refractivity contribution >= 4 is 35.0 Å². The number of para-hydroxylation sites is 1. The summed E-state index contributed by atoms with van der Waals surface area (Å²) in [6.45, 7) is 4.81. The Kier molecular flexibility index (Phi) is 8.32. The molecule has 1 aliphatic rings. The molecule has 0 spiro atoms. The van der Waals surface area contributed by atoms with Gasteiger partial charge >= 0.3 is 5.97 Å². The highest BCUT2D eigenvalue weighted by molar-refractivity contribution is 8.00. The molecule has 0 aromatic heterocycles. The molecule has 1 N–H and O–H groups in total. The number of esters is 1. The average molecular weight is 473 g/mol. The molecule has 2 aromatic rings. The van der Waals surface area contributed by atoms with E-state index in [0.29, 0.717) is 10.1 Å². The van der Waals surface area contributed by atoms with Crippen molar-refractivity contribution in [3.05, 3.63) is 52.1 Å². The Bertz CT molecular complexity index is 1030. The van der Waals surface area contributed by atoms with E-state index in [1.807, 2.05) is 0 Å². The standard InChI is InChI=1S/C24H28N2O6S/c1-15(2)31-24(28)18-11-7-8-12-21(18)32-22-14-20(26(29)30)19(25-16(3)27)13-23(22)33-17-9-5-4-6-10-17/h7-8,11-15,17H,4-6,9-10H2,1-3H3,(H,25,27). The number of amides is 1. The Morgan fingerprint density at radius 3 is 2.45 bits per heavy atom. The lowest BCUT2D eigenvalue weighted by atomic mass is 10.0. The number of hydrogen-bond donors (Lipinski definition) is 1. The molecule has 8 nitrogen and oxygen atoms in total. The van der Waals surface area contributed by atoms with Crippen molar-refractivity contribution < 1.29 is 24.0 Å². The van der Waals surface area contributed by atoms with Crippen LogP contribution in [0.1, 0.15) is 63.2 Å². The summed E-state index contributed by atoms with van der Waals surface area (Å²) >= 11 is 1.58. The van der Waals surface area contributed by atoms with Crippen LogP contribution in [0.25, 0.3) is 0 Å². The topological polar surface area (TPSA) is 108 Å². The fraction of sp³-hybridized carbons (Fsp3) is 0.417. The van der Waals surface area contributed by atoms with Gasteiger partial charge in [-0.1, -0.05) is 31.4 Å². The minimum atomic E-state index is -0.563. The second-order valence-electron chi connectivity index (χ2n) is 8.18. The van der Waals surface area contributed by atoms with Crippen LogP contribution in [0.3, 0.4) is 0 Å². The van der Waals surface area contributed by atoms with E-state index in [1.54, 1.807) is 55.9 Å². The molecule has 1 fully saturated rings. The van der Waals surface area contributed by atoms with E-state index in [1.165, 1.54) is 19.4 Å². The lowest BCUT2D eigenvalue weighted by Gasteiger charge is -2.23. The molecule has 0 saturated heterocycles. The molecule has 1 amide bonds. The van der Waals surface area contributed by atoms with Crippen LogP contribution in [0.15, 0.2) is 41.3 Å². The molecule has 2 aromatic carbocycles. The monoisotopic (exact) mass is 472 g/mol. The third-order valence-corrected chi connectivity index (χ3v) is 6.46. The van der Waals surface area contributed by atoms with E-state index in [2.05, 4.69) is 5.32 Å². The molecule has 33 heavy (non-hydrogen) atoms. The zero-order chi connectivity index (χ0) is 24.0. The molecule has 0 bridgehead atoms. The maximum absolute atomic E-state index is 12.6. The summed E-state index contributed by atoms with van der Waals surface area (Å²) in [5, 5.41) is 14.6. The fourth-order valence-electron chi connectivity index (χ4n) is 3.64. The number of rotatable bonds is 8. The van der Waals surface area contributed by atoms with Crippen molar-refractivity contribution in [1.29, 1.82) is 0 Å². The van der Waals surface area contributed by atoms with Crippen LogP contribution >= 0.6 is 11.8 Å². The number of carbonyl (C=O) groups is 2. The summed E-state index contributed by atoms with van der Waals surface area (Å²) in [6.07, 6.45) is 5.22. The van der Waals surface area contributed by atoms with Gasteiger partial charge in [-0.25, -0.2) is 4.79 Å². The third kappa shape index (κ3) is 6.71. The molecule has 1 saturated carbocycles. The van der Waals surface area contributed by atoms with Crippen molar-refractivity contribution in [2.75, 3.05) is 5.32 Å². The van der Waals surface area contributed by atoms with Gasteiger partial charge in [0.05, 0.1) is 22.0 Å². The van der Waals surface area contributed by atoms with Crippen molar-refractivity contribution in [3.63, 3.8) is 0 Å². The van der Waals surface area contributed by atoms with E-state index >= 15 is 0 Å². The Morgan fingerprint density at radius 2 is 1.82 bits per heavy atom. The normalized spacial score (nSPS) is 14.1. The van der Waals surface area contributed by atoms with Crippen molar-refractivity contribution in [1.82, 2.24) is 0 Å². The highest BCUT2D eigenvalue weighted by Gasteiger charge is 2.25. The minimum absolute atomic E-state index is 0.116. The number of nitrogens with one attached hydrogen (secondary N) is 1. The maximum atomic E-state index is 12.6. The Balaban J connectivity index is 2.04. The molecule has 0 heterocycles. The van der Waals surface area contributed by atoms with Crippen molar-refractivity contribution in [2.45, 2.75) is 69.1 Å². The molecular weight excluding hydrogens is 444 g/mol. The summed E-state index contributed by atoms with van der Waals surface area (Å²) in [4.78, 5) is 36.0. The second kappa shape index (κ2) is 11.2. The molecule has 9 heteroatoms. The fourth-order valence-corrected chi connectivity index (χ4v) is 4.98. The predicted molar refractivity (Wildman–Crippen MR) is 127 cm³/mol. The van der Waals surface area contributed by atoms with Crippen LogP contribution in [0.4, 0.5) is 11.4 Å². The van der Waals surface area contributed by atoms with Gasteiger partial charge in [-0.2, -0.15) is 0 Å². The van der Waals surface area contributed by atoms with E-state index < -0.39 is 16.8 Å². The smallest absolute Gasteiger partial charge is 0.342 e. The van der Waals surface area contributed by atoms with Crippen LogP contribution in [0.2, 0.25) is 0 Å². The number of hydrogen-bond acceptors (Lipinski definition) is 7. The molecule has 0 radical (unpaired) electrons. The first kappa shape index (κ1) is 24.6. The van der Waals surface area contributed by atoms with Gasteiger partial charge in [0.2, 0.25) is 5.91 Å². The second-order valence-corrected chi connectivity index (χ2v) is 9.53. The maximum Gasteiger partial charge on any atom is 0.342 e. The van der Waals surface area contributed by atoms with E-state index in [9.17, 15) is 19.7 Å². The summed E-state index contributed by atoms with van der Waals surface area (Å²) in [6, 6.07) is 9.52. The lowest BCUT2D eigenvalue weighted by molar-refractivity contribution is -0.384. The molecule has 3 rings (SSSR count). The highest BCUT2D eigenvalue weighted by Crippen LogP contribution is 2.44. The molecule has 0 unspecified atom stereocenters. The molecule has 176 valence electrons. The summed E-state index contributed by atoms with van der Waals surface area (Å²) in [5.74, 6) is -0.431. The van der Waals surface area contributed by atoms with Crippen LogP contribution in [0, 0.1) is 10.1 Å². The number of nitrogens with zero attached hydrogens (tertiary/aromatic N) is 1. The van der Waals surface area contributed by atoms with E-state index in [0.717, 1.165) is 25.7 Å². The van der Waals surface area contributed by atoms with Crippen LogP contribution in [-0.2, 0) is 9.53 Å².